The van der Waals surface area contributed by atoms with Crippen molar-refractivity contribution in [3.8, 4) is 33.3 Å². The standard InChI is InChI=1S/C18H16FNO2S/c1-11-17(15-8-7-14(21-2)10-16(15)22-3)20-18(23-11)12-5-4-6-13(19)9-12/h4-10H,1-3H3. The maximum Gasteiger partial charge on any atom is 0.131 e. The quantitative estimate of drug-likeness (QED) is 0.679. The Morgan fingerprint density at radius 3 is 2.57 bits per heavy atom. The third kappa shape index (κ3) is 3.05. The third-order valence-corrected chi connectivity index (χ3v) is 4.55. The number of aromatic nitrogens is 1. The molecule has 0 unspecified atom stereocenters. The lowest BCUT2D eigenvalue weighted by atomic mass is 10.1. The second-order valence-electron chi connectivity index (χ2n) is 5.00. The summed E-state index contributed by atoms with van der Waals surface area (Å²) in [6.07, 6.45) is 0. The van der Waals surface area contributed by atoms with Crippen LogP contribution in [0.4, 0.5) is 4.39 Å². The van der Waals surface area contributed by atoms with Crippen LogP contribution in [-0.4, -0.2) is 19.2 Å². The largest absolute Gasteiger partial charge is 0.497 e. The topological polar surface area (TPSA) is 31.4 Å². The fourth-order valence-electron chi connectivity index (χ4n) is 2.39. The number of ether oxygens (including phenoxy) is 2. The fourth-order valence-corrected chi connectivity index (χ4v) is 3.31. The molecule has 0 N–H and O–H groups in total. The second kappa shape index (κ2) is 6.38. The molecule has 1 aromatic heterocycles. The van der Waals surface area contributed by atoms with Crippen LogP contribution in [-0.2, 0) is 0 Å². The summed E-state index contributed by atoms with van der Waals surface area (Å²) in [5, 5.41) is 0.787. The van der Waals surface area contributed by atoms with E-state index >= 15 is 0 Å². The van der Waals surface area contributed by atoms with Gasteiger partial charge in [0.2, 0.25) is 0 Å². The van der Waals surface area contributed by atoms with Gasteiger partial charge in [0.25, 0.3) is 0 Å². The van der Waals surface area contributed by atoms with Crippen LogP contribution in [0.2, 0.25) is 0 Å². The first kappa shape index (κ1) is 15.5. The molecule has 0 saturated heterocycles. The number of methoxy groups -OCH3 is 2. The normalized spacial score (nSPS) is 10.6. The molecule has 0 saturated carbocycles. The third-order valence-electron chi connectivity index (χ3n) is 3.53. The lowest BCUT2D eigenvalue weighted by Gasteiger charge is -2.09. The molecule has 0 amide bonds. The van der Waals surface area contributed by atoms with Crippen LogP contribution in [0, 0.1) is 12.7 Å². The second-order valence-corrected chi connectivity index (χ2v) is 6.20. The summed E-state index contributed by atoms with van der Waals surface area (Å²) >= 11 is 1.54. The Morgan fingerprint density at radius 1 is 1.04 bits per heavy atom. The molecule has 0 atom stereocenters. The van der Waals surface area contributed by atoms with E-state index in [1.54, 1.807) is 20.3 Å². The van der Waals surface area contributed by atoms with Crippen molar-refractivity contribution >= 4 is 11.3 Å². The highest BCUT2D eigenvalue weighted by Gasteiger charge is 2.16. The Hall–Kier alpha value is -2.40. The predicted molar refractivity (Wildman–Crippen MR) is 90.8 cm³/mol. The maximum atomic E-state index is 13.4. The molecule has 0 spiro atoms. The van der Waals surface area contributed by atoms with E-state index in [0.29, 0.717) is 5.75 Å². The molecule has 3 nitrogen and oxygen atoms in total. The van der Waals surface area contributed by atoms with Crippen molar-refractivity contribution in [2.24, 2.45) is 0 Å². The Balaban J connectivity index is 2.08. The molecule has 1 heterocycles. The molecule has 0 bridgehead atoms. The minimum Gasteiger partial charge on any atom is -0.497 e. The van der Waals surface area contributed by atoms with Gasteiger partial charge in [-0.05, 0) is 31.2 Å². The number of halogens is 1. The lowest BCUT2D eigenvalue weighted by molar-refractivity contribution is 0.395. The number of hydrogen-bond acceptors (Lipinski definition) is 4. The zero-order valence-corrected chi connectivity index (χ0v) is 13.9. The van der Waals surface area contributed by atoms with Gasteiger partial charge in [0, 0.05) is 22.1 Å². The molecular formula is C18H16FNO2S. The number of aryl methyl sites for hydroxylation is 1. The summed E-state index contributed by atoms with van der Waals surface area (Å²) < 4.78 is 24.1. The zero-order chi connectivity index (χ0) is 16.4. The number of nitrogens with zero attached hydrogens (tertiary/aromatic N) is 1. The molecular weight excluding hydrogens is 313 g/mol. The monoisotopic (exact) mass is 329 g/mol. The maximum absolute atomic E-state index is 13.4. The van der Waals surface area contributed by atoms with Gasteiger partial charge in [-0.25, -0.2) is 9.37 Å². The van der Waals surface area contributed by atoms with Gasteiger partial charge in [-0.3, -0.25) is 0 Å². The van der Waals surface area contributed by atoms with Gasteiger partial charge < -0.3 is 9.47 Å². The van der Waals surface area contributed by atoms with E-state index in [9.17, 15) is 4.39 Å². The highest BCUT2D eigenvalue weighted by molar-refractivity contribution is 7.15. The van der Waals surface area contributed by atoms with E-state index in [1.165, 1.54) is 23.5 Å². The summed E-state index contributed by atoms with van der Waals surface area (Å²) in [7, 11) is 3.23. The summed E-state index contributed by atoms with van der Waals surface area (Å²) in [5.41, 5.74) is 2.51. The van der Waals surface area contributed by atoms with E-state index in [0.717, 1.165) is 32.5 Å². The van der Waals surface area contributed by atoms with Gasteiger partial charge in [0.15, 0.2) is 0 Å². The Labute approximate surface area is 138 Å². The van der Waals surface area contributed by atoms with Gasteiger partial charge in [-0.2, -0.15) is 0 Å². The number of rotatable bonds is 4. The molecule has 2 aromatic carbocycles. The summed E-state index contributed by atoms with van der Waals surface area (Å²) in [5.74, 6) is 1.16. The molecule has 23 heavy (non-hydrogen) atoms. The molecule has 3 rings (SSSR count). The zero-order valence-electron chi connectivity index (χ0n) is 13.1. The van der Waals surface area contributed by atoms with Crippen LogP contribution < -0.4 is 9.47 Å². The fraction of sp³-hybridized carbons (Fsp3) is 0.167. The van der Waals surface area contributed by atoms with Gasteiger partial charge in [-0.15, -0.1) is 11.3 Å². The van der Waals surface area contributed by atoms with Crippen LogP contribution in [0.1, 0.15) is 4.88 Å². The SMILES string of the molecule is COc1ccc(-c2nc(-c3cccc(F)c3)sc2C)c(OC)c1. The first-order chi connectivity index (χ1) is 11.1. The molecule has 5 heteroatoms. The lowest BCUT2D eigenvalue weighted by Crippen LogP contribution is -1.91. The van der Waals surface area contributed by atoms with Gasteiger partial charge in [0.05, 0.1) is 19.9 Å². The van der Waals surface area contributed by atoms with Gasteiger partial charge in [-0.1, -0.05) is 12.1 Å². The molecule has 3 aromatic rings. The highest BCUT2D eigenvalue weighted by Crippen LogP contribution is 2.38. The van der Waals surface area contributed by atoms with Crippen molar-refractivity contribution in [2.45, 2.75) is 6.92 Å². The predicted octanol–water partition coefficient (Wildman–Crippen LogP) is 4.94. The highest BCUT2D eigenvalue weighted by atomic mass is 32.1. The van der Waals surface area contributed by atoms with E-state index in [2.05, 4.69) is 4.98 Å². The molecule has 0 radical (unpaired) electrons. The van der Waals surface area contributed by atoms with Crippen molar-refractivity contribution < 1.29 is 13.9 Å². The number of benzene rings is 2. The first-order valence-corrected chi connectivity index (χ1v) is 7.90. The smallest absolute Gasteiger partial charge is 0.131 e. The van der Waals surface area contributed by atoms with E-state index in [1.807, 2.05) is 31.2 Å². The molecule has 0 aliphatic heterocycles. The molecule has 0 fully saturated rings. The Kier molecular flexibility index (Phi) is 4.30. The average molecular weight is 329 g/mol. The minimum atomic E-state index is -0.265. The van der Waals surface area contributed by atoms with Crippen molar-refractivity contribution in [1.29, 1.82) is 0 Å². The summed E-state index contributed by atoms with van der Waals surface area (Å²) in [4.78, 5) is 5.74. The van der Waals surface area contributed by atoms with Crippen LogP contribution in [0.15, 0.2) is 42.5 Å². The van der Waals surface area contributed by atoms with E-state index < -0.39 is 0 Å². The first-order valence-electron chi connectivity index (χ1n) is 7.08. The van der Waals surface area contributed by atoms with Crippen molar-refractivity contribution in [3.05, 3.63) is 53.2 Å². The van der Waals surface area contributed by atoms with Crippen molar-refractivity contribution in [1.82, 2.24) is 4.98 Å². The number of hydrogen-bond donors (Lipinski definition) is 0. The van der Waals surface area contributed by atoms with Crippen LogP contribution in [0.25, 0.3) is 21.8 Å². The van der Waals surface area contributed by atoms with Crippen LogP contribution >= 0.6 is 11.3 Å². The molecule has 118 valence electrons. The van der Waals surface area contributed by atoms with Gasteiger partial charge >= 0.3 is 0 Å². The molecule has 0 aliphatic rings. The van der Waals surface area contributed by atoms with Gasteiger partial charge in [0.1, 0.15) is 22.3 Å². The molecule has 0 aliphatic carbocycles. The van der Waals surface area contributed by atoms with Crippen LogP contribution in [0.3, 0.4) is 0 Å². The van der Waals surface area contributed by atoms with E-state index in [4.69, 9.17) is 9.47 Å². The van der Waals surface area contributed by atoms with Crippen LogP contribution in [0.5, 0.6) is 11.5 Å². The number of thiazole rings is 1. The van der Waals surface area contributed by atoms with Crippen molar-refractivity contribution in [2.75, 3.05) is 14.2 Å². The Bertz CT molecular complexity index is 845. The summed E-state index contributed by atoms with van der Waals surface area (Å²) in [6, 6.07) is 12.1. The van der Waals surface area contributed by atoms with E-state index in [-0.39, 0.29) is 5.82 Å². The Morgan fingerprint density at radius 2 is 1.87 bits per heavy atom. The average Bonchev–Trinajstić information content (AvgIpc) is 2.96. The summed E-state index contributed by atoms with van der Waals surface area (Å²) in [6.45, 7) is 2.00. The van der Waals surface area contributed by atoms with Crippen molar-refractivity contribution in [3.63, 3.8) is 0 Å². The minimum absolute atomic E-state index is 0.265.